The lowest BCUT2D eigenvalue weighted by Gasteiger charge is -2.08. The number of benzene rings is 2. The van der Waals surface area contributed by atoms with Crippen molar-refractivity contribution in [2.45, 2.75) is 20.5 Å². The Morgan fingerprint density at radius 1 is 1.23 bits per heavy atom. The molecule has 4 heteroatoms. The van der Waals surface area contributed by atoms with E-state index in [1.54, 1.807) is 12.1 Å². The Balaban J connectivity index is 2.04. The van der Waals surface area contributed by atoms with Gasteiger partial charge in [-0.3, -0.25) is 4.79 Å². The summed E-state index contributed by atoms with van der Waals surface area (Å²) in [5, 5.41) is 10.6. The molecule has 0 fully saturated rings. The summed E-state index contributed by atoms with van der Waals surface area (Å²) in [6.45, 7) is 3.63. The van der Waals surface area contributed by atoms with Crippen molar-refractivity contribution in [1.82, 2.24) is 4.98 Å². The van der Waals surface area contributed by atoms with Crippen molar-refractivity contribution in [1.29, 1.82) is 0 Å². The van der Waals surface area contributed by atoms with Crippen LogP contribution in [-0.4, -0.2) is 16.1 Å². The van der Waals surface area contributed by atoms with E-state index in [0.29, 0.717) is 0 Å². The number of aryl methyl sites for hydroxylation is 1. The summed E-state index contributed by atoms with van der Waals surface area (Å²) < 4.78 is 5.09. The van der Waals surface area contributed by atoms with Crippen LogP contribution in [0, 0.1) is 6.92 Å². The Bertz CT molecular complexity index is 849. The van der Waals surface area contributed by atoms with E-state index in [1.165, 1.54) is 6.92 Å². The van der Waals surface area contributed by atoms with Gasteiger partial charge in [0.05, 0.1) is 0 Å². The summed E-state index contributed by atoms with van der Waals surface area (Å²) in [5.41, 5.74) is 5.09. The molecule has 0 spiro atoms. The normalized spacial score (nSPS) is 10.8. The molecule has 0 saturated carbocycles. The molecule has 0 aliphatic rings. The van der Waals surface area contributed by atoms with E-state index in [0.717, 1.165) is 33.2 Å². The smallest absolute Gasteiger partial charge is 0.302 e. The number of phenols is 1. The molecule has 112 valence electrons. The molecule has 2 aromatic carbocycles. The second kappa shape index (κ2) is 5.56. The molecule has 0 saturated heterocycles. The van der Waals surface area contributed by atoms with Crippen molar-refractivity contribution in [3.05, 3.63) is 53.7 Å². The van der Waals surface area contributed by atoms with Gasteiger partial charge in [0, 0.05) is 29.6 Å². The topological polar surface area (TPSA) is 62.3 Å². The van der Waals surface area contributed by atoms with Gasteiger partial charge in [-0.1, -0.05) is 12.1 Å². The second-order valence-corrected chi connectivity index (χ2v) is 5.35. The lowest BCUT2D eigenvalue weighted by molar-refractivity contribution is -0.142. The van der Waals surface area contributed by atoms with Gasteiger partial charge in [0.25, 0.3) is 0 Å². The maximum absolute atomic E-state index is 11.0. The predicted octanol–water partition coefficient (Wildman–Crippen LogP) is 3.91. The van der Waals surface area contributed by atoms with Crippen LogP contribution in [0.25, 0.3) is 22.0 Å². The number of carbonyl (C=O) groups excluding carboxylic acids is 1. The highest BCUT2D eigenvalue weighted by Gasteiger charge is 2.09. The van der Waals surface area contributed by atoms with Crippen LogP contribution in [0.15, 0.2) is 42.6 Å². The van der Waals surface area contributed by atoms with Crippen LogP contribution in [0.3, 0.4) is 0 Å². The number of aromatic amines is 1. The molecular weight excluding hydrogens is 278 g/mol. The van der Waals surface area contributed by atoms with Gasteiger partial charge in [-0.05, 0) is 47.9 Å². The van der Waals surface area contributed by atoms with E-state index in [9.17, 15) is 9.90 Å². The molecule has 22 heavy (non-hydrogen) atoms. The highest BCUT2D eigenvalue weighted by molar-refractivity contribution is 5.88. The highest BCUT2D eigenvalue weighted by atomic mass is 16.5. The van der Waals surface area contributed by atoms with Crippen LogP contribution >= 0.6 is 0 Å². The molecule has 0 atom stereocenters. The van der Waals surface area contributed by atoms with Crippen molar-refractivity contribution in [2.24, 2.45) is 0 Å². The second-order valence-electron chi connectivity index (χ2n) is 5.35. The quantitative estimate of drug-likeness (QED) is 0.720. The molecule has 0 unspecified atom stereocenters. The third kappa shape index (κ3) is 2.68. The zero-order valence-corrected chi connectivity index (χ0v) is 12.5. The Morgan fingerprint density at radius 3 is 2.77 bits per heavy atom. The first kappa shape index (κ1) is 14.2. The number of phenolic OH excluding ortho intramolecular Hbond substituents is 1. The summed E-state index contributed by atoms with van der Waals surface area (Å²) in [7, 11) is 0. The van der Waals surface area contributed by atoms with Crippen LogP contribution in [0.4, 0.5) is 0 Å². The number of aromatic hydroxyl groups is 1. The number of H-pyrrole nitrogens is 1. The molecule has 0 bridgehead atoms. The average Bonchev–Trinajstić information content (AvgIpc) is 2.87. The number of hydrogen-bond acceptors (Lipinski definition) is 3. The number of esters is 1. The lowest BCUT2D eigenvalue weighted by Crippen LogP contribution is -1.97. The van der Waals surface area contributed by atoms with Crippen LogP contribution < -0.4 is 0 Å². The van der Waals surface area contributed by atoms with Gasteiger partial charge in [-0.15, -0.1) is 0 Å². The molecule has 1 aromatic heterocycles. The van der Waals surface area contributed by atoms with Crippen LogP contribution in [0.5, 0.6) is 5.75 Å². The minimum atomic E-state index is -0.292. The minimum Gasteiger partial charge on any atom is -0.508 e. The van der Waals surface area contributed by atoms with Gasteiger partial charge in [0.15, 0.2) is 0 Å². The van der Waals surface area contributed by atoms with Gasteiger partial charge in [0.2, 0.25) is 0 Å². The molecule has 4 nitrogen and oxygen atoms in total. The van der Waals surface area contributed by atoms with Gasteiger partial charge in [-0.2, -0.15) is 0 Å². The molecule has 0 aliphatic heterocycles. The fourth-order valence-corrected chi connectivity index (χ4v) is 2.62. The van der Waals surface area contributed by atoms with Crippen molar-refractivity contribution >= 4 is 16.9 Å². The first-order valence-electron chi connectivity index (χ1n) is 7.08. The largest absolute Gasteiger partial charge is 0.508 e. The standard InChI is InChI=1S/C18H17NO3/c1-11-7-15(21)4-5-16(11)13-3-6-18-17(8-13)14(9-19-18)10-22-12(2)20/h3-9,19,21H,10H2,1-2H3. The van der Waals surface area contributed by atoms with E-state index >= 15 is 0 Å². The zero-order valence-electron chi connectivity index (χ0n) is 12.5. The lowest BCUT2D eigenvalue weighted by atomic mass is 9.98. The third-order valence-electron chi connectivity index (χ3n) is 3.72. The van der Waals surface area contributed by atoms with Gasteiger partial charge >= 0.3 is 5.97 Å². The Kier molecular flexibility index (Phi) is 3.59. The third-order valence-corrected chi connectivity index (χ3v) is 3.72. The Hall–Kier alpha value is -2.75. The van der Waals surface area contributed by atoms with Crippen LogP contribution in [0.1, 0.15) is 18.1 Å². The summed E-state index contributed by atoms with van der Waals surface area (Å²) in [5.74, 6) is -0.0283. The number of ether oxygens (including phenoxy) is 1. The fourth-order valence-electron chi connectivity index (χ4n) is 2.62. The van der Waals surface area contributed by atoms with E-state index in [4.69, 9.17) is 4.74 Å². The van der Waals surface area contributed by atoms with E-state index in [1.807, 2.05) is 31.3 Å². The van der Waals surface area contributed by atoms with Gasteiger partial charge in [0.1, 0.15) is 12.4 Å². The maximum atomic E-state index is 11.0. The number of aromatic nitrogens is 1. The number of fused-ring (bicyclic) bond motifs is 1. The van der Waals surface area contributed by atoms with E-state index in [-0.39, 0.29) is 18.3 Å². The molecule has 0 radical (unpaired) electrons. The summed E-state index contributed by atoms with van der Waals surface area (Å²) in [6.07, 6.45) is 1.86. The monoisotopic (exact) mass is 295 g/mol. The molecule has 0 amide bonds. The SMILES string of the molecule is CC(=O)OCc1c[nH]c2ccc(-c3ccc(O)cc3C)cc12. The van der Waals surface area contributed by atoms with Crippen molar-refractivity contribution in [3.8, 4) is 16.9 Å². The number of rotatable bonds is 3. The van der Waals surface area contributed by atoms with Crippen LogP contribution in [-0.2, 0) is 16.1 Å². The van der Waals surface area contributed by atoms with Gasteiger partial charge < -0.3 is 14.8 Å². The molecular formula is C18H17NO3. The van der Waals surface area contributed by atoms with Crippen molar-refractivity contribution in [3.63, 3.8) is 0 Å². The molecule has 0 aliphatic carbocycles. The summed E-state index contributed by atoms with van der Waals surface area (Å²) >= 11 is 0. The summed E-state index contributed by atoms with van der Waals surface area (Å²) in [6, 6.07) is 11.5. The van der Waals surface area contributed by atoms with Crippen molar-refractivity contribution < 1.29 is 14.6 Å². The zero-order chi connectivity index (χ0) is 15.7. The average molecular weight is 295 g/mol. The van der Waals surface area contributed by atoms with E-state index < -0.39 is 0 Å². The number of carbonyl (C=O) groups is 1. The number of nitrogens with one attached hydrogen (secondary N) is 1. The molecule has 1 heterocycles. The molecule has 3 rings (SSSR count). The predicted molar refractivity (Wildman–Crippen MR) is 85.6 cm³/mol. The molecule has 3 aromatic rings. The Labute approximate surface area is 128 Å². The summed E-state index contributed by atoms with van der Waals surface area (Å²) in [4.78, 5) is 14.2. The highest BCUT2D eigenvalue weighted by Crippen LogP contribution is 2.30. The fraction of sp³-hybridized carbons (Fsp3) is 0.167. The minimum absolute atomic E-state index is 0.257. The van der Waals surface area contributed by atoms with Gasteiger partial charge in [-0.25, -0.2) is 0 Å². The number of hydrogen-bond donors (Lipinski definition) is 2. The molecule has 2 N–H and O–H groups in total. The first-order chi connectivity index (χ1) is 10.5. The Morgan fingerprint density at radius 2 is 2.05 bits per heavy atom. The maximum Gasteiger partial charge on any atom is 0.302 e. The first-order valence-corrected chi connectivity index (χ1v) is 7.08. The van der Waals surface area contributed by atoms with Crippen molar-refractivity contribution in [2.75, 3.05) is 0 Å². The van der Waals surface area contributed by atoms with Crippen LogP contribution in [0.2, 0.25) is 0 Å². The van der Waals surface area contributed by atoms with E-state index in [2.05, 4.69) is 11.1 Å².